The van der Waals surface area contributed by atoms with Gasteiger partial charge in [-0.15, -0.1) is 0 Å². The van der Waals surface area contributed by atoms with E-state index in [-0.39, 0.29) is 5.91 Å². The van der Waals surface area contributed by atoms with Crippen LogP contribution >= 0.6 is 11.6 Å². The van der Waals surface area contributed by atoms with E-state index in [4.69, 9.17) is 16.3 Å². The predicted octanol–water partition coefficient (Wildman–Crippen LogP) is 4.30. The summed E-state index contributed by atoms with van der Waals surface area (Å²) < 4.78 is 5.45. The fraction of sp³-hybridized carbons (Fsp3) is 0.188. The second-order valence-electron chi connectivity index (χ2n) is 4.35. The summed E-state index contributed by atoms with van der Waals surface area (Å²) in [5.41, 5.74) is 2.14. The Morgan fingerprint density at radius 3 is 2.70 bits per heavy atom. The molecule has 104 valence electrons. The summed E-state index contributed by atoms with van der Waals surface area (Å²) >= 11 is 6.05. The molecule has 0 heterocycles. The van der Waals surface area contributed by atoms with E-state index in [1.165, 1.54) is 0 Å². The van der Waals surface area contributed by atoms with Crippen LogP contribution in [0.4, 0.5) is 5.69 Å². The zero-order chi connectivity index (χ0) is 14.5. The Balaban J connectivity index is 2.21. The molecule has 1 amide bonds. The number of halogens is 1. The molecule has 2 rings (SSSR count). The van der Waals surface area contributed by atoms with Gasteiger partial charge in [0.05, 0.1) is 12.2 Å². The fourth-order valence-corrected chi connectivity index (χ4v) is 1.99. The van der Waals surface area contributed by atoms with Gasteiger partial charge in [-0.25, -0.2) is 0 Å². The molecule has 0 radical (unpaired) electrons. The first-order chi connectivity index (χ1) is 9.61. The number of nitrogens with one attached hydrogen (secondary N) is 1. The van der Waals surface area contributed by atoms with Crippen molar-refractivity contribution in [3.63, 3.8) is 0 Å². The van der Waals surface area contributed by atoms with Gasteiger partial charge < -0.3 is 10.1 Å². The zero-order valence-corrected chi connectivity index (χ0v) is 12.2. The Labute approximate surface area is 123 Å². The molecule has 0 spiro atoms. The summed E-state index contributed by atoms with van der Waals surface area (Å²) in [6.07, 6.45) is 0. The van der Waals surface area contributed by atoms with Gasteiger partial charge in [-0.05, 0) is 43.7 Å². The molecular weight excluding hydrogens is 274 g/mol. The quantitative estimate of drug-likeness (QED) is 0.911. The van der Waals surface area contributed by atoms with Crippen LogP contribution < -0.4 is 10.1 Å². The van der Waals surface area contributed by atoms with Crippen molar-refractivity contribution in [2.75, 3.05) is 11.9 Å². The minimum Gasteiger partial charge on any atom is -0.493 e. The third-order valence-corrected chi connectivity index (χ3v) is 3.27. The maximum atomic E-state index is 12.3. The summed E-state index contributed by atoms with van der Waals surface area (Å²) in [5, 5.41) is 3.45. The monoisotopic (exact) mass is 289 g/mol. The third-order valence-electron chi connectivity index (χ3n) is 2.86. The van der Waals surface area contributed by atoms with Crippen LogP contribution in [0.5, 0.6) is 5.75 Å². The first kappa shape index (κ1) is 14.4. The highest BCUT2D eigenvalue weighted by molar-refractivity contribution is 6.31. The lowest BCUT2D eigenvalue weighted by Gasteiger charge is -2.11. The van der Waals surface area contributed by atoms with Crippen LogP contribution in [0.3, 0.4) is 0 Å². The van der Waals surface area contributed by atoms with E-state index in [0.717, 1.165) is 5.56 Å². The maximum Gasteiger partial charge on any atom is 0.259 e. The SMILES string of the molecule is CCOc1ccccc1C(=O)Nc1ccc(C)c(Cl)c1. The summed E-state index contributed by atoms with van der Waals surface area (Å²) in [4.78, 5) is 12.3. The molecule has 3 nitrogen and oxygen atoms in total. The molecular formula is C16H16ClNO2. The molecule has 0 aromatic heterocycles. The zero-order valence-electron chi connectivity index (χ0n) is 11.4. The topological polar surface area (TPSA) is 38.3 Å². The molecule has 0 saturated heterocycles. The lowest BCUT2D eigenvalue weighted by Crippen LogP contribution is -2.13. The van der Waals surface area contributed by atoms with Crippen molar-refractivity contribution in [2.24, 2.45) is 0 Å². The highest BCUT2D eigenvalue weighted by atomic mass is 35.5. The molecule has 4 heteroatoms. The van der Waals surface area contributed by atoms with Crippen molar-refractivity contribution in [3.8, 4) is 5.75 Å². The van der Waals surface area contributed by atoms with E-state index < -0.39 is 0 Å². The van der Waals surface area contributed by atoms with Crippen LogP contribution in [0, 0.1) is 6.92 Å². The van der Waals surface area contributed by atoms with Crippen LogP contribution in [0.1, 0.15) is 22.8 Å². The van der Waals surface area contributed by atoms with Crippen molar-refractivity contribution in [2.45, 2.75) is 13.8 Å². The number of aryl methyl sites for hydroxylation is 1. The smallest absolute Gasteiger partial charge is 0.259 e. The second-order valence-corrected chi connectivity index (χ2v) is 4.75. The summed E-state index contributed by atoms with van der Waals surface area (Å²) in [6.45, 7) is 4.31. The van der Waals surface area contributed by atoms with Gasteiger partial charge in [-0.3, -0.25) is 4.79 Å². The number of amides is 1. The molecule has 0 atom stereocenters. The van der Waals surface area contributed by atoms with Gasteiger partial charge in [0.1, 0.15) is 5.75 Å². The number of ether oxygens (including phenoxy) is 1. The molecule has 0 saturated carbocycles. The molecule has 1 N–H and O–H groups in total. The first-order valence-electron chi connectivity index (χ1n) is 6.41. The highest BCUT2D eigenvalue weighted by Crippen LogP contribution is 2.23. The molecule has 2 aromatic rings. The van der Waals surface area contributed by atoms with Gasteiger partial charge in [0.25, 0.3) is 5.91 Å². The average Bonchev–Trinajstić information content (AvgIpc) is 2.44. The van der Waals surface area contributed by atoms with Crippen LogP contribution in [-0.2, 0) is 0 Å². The van der Waals surface area contributed by atoms with E-state index in [1.807, 2.05) is 32.0 Å². The molecule has 0 fully saturated rings. The number of carbonyl (C=O) groups excluding carboxylic acids is 1. The maximum absolute atomic E-state index is 12.3. The number of para-hydroxylation sites is 1. The van der Waals surface area contributed by atoms with Gasteiger partial charge in [0, 0.05) is 10.7 Å². The molecule has 0 aliphatic rings. The largest absolute Gasteiger partial charge is 0.493 e. The molecule has 0 aliphatic heterocycles. The molecule has 0 unspecified atom stereocenters. The van der Waals surface area contributed by atoms with Crippen molar-refractivity contribution < 1.29 is 9.53 Å². The normalized spacial score (nSPS) is 10.2. The Morgan fingerprint density at radius 2 is 2.00 bits per heavy atom. The fourth-order valence-electron chi connectivity index (χ4n) is 1.80. The minimum atomic E-state index is -0.214. The van der Waals surface area contributed by atoms with Crippen molar-refractivity contribution in [1.82, 2.24) is 0 Å². The van der Waals surface area contributed by atoms with Crippen LogP contribution in [-0.4, -0.2) is 12.5 Å². The van der Waals surface area contributed by atoms with E-state index in [2.05, 4.69) is 5.32 Å². The number of hydrogen-bond acceptors (Lipinski definition) is 2. The van der Waals surface area contributed by atoms with Crippen molar-refractivity contribution in [3.05, 3.63) is 58.6 Å². The van der Waals surface area contributed by atoms with Crippen LogP contribution in [0.25, 0.3) is 0 Å². The predicted molar refractivity (Wildman–Crippen MR) is 81.8 cm³/mol. The van der Waals surface area contributed by atoms with E-state index in [9.17, 15) is 4.79 Å². The Bertz CT molecular complexity index is 626. The van der Waals surface area contributed by atoms with Crippen LogP contribution in [0.2, 0.25) is 5.02 Å². The first-order valence-corrected chi connectivity index (χ1v) is 6.79. The van der Waals surface area contributed by atoms with Gasteiger partial charge >= 0.3 is 0 Å². The third kappa shape index (κ3) is 3.31. The van der Waals surface area contributed by atoms with E-state index in [0.29, 0.717) is 28.6 Å². The average molecular weight is 290 g/mol. The molecule has 0 bridgehead atoms. The number of rotatable bonds is 4. The van der Waals surface area contributed by atoms with Gasteiger partial charge in [-0.2, -0.15) is 0 Å². The Hall–Kier alpha value is -2.00. The molecule has 2 aromatic carbocycles. The Morgan fingerprint density at radius 1 is 1.25 bits per heavy atom. The minimum absolute atomic E-state index is 0.214. The standard InChI is InChI=1S/C16H16ClNO2/c1-3-20-15-7-5-4-6-13(15)16(19)18-12-9-8-11(2)14(17)10-12/h4-10H,3H2,1-2H3,(H,18,19). The summed E-state index contributed by atoms with van der Waals surface area (Å²) in [5.74, 6) is 0.361. The number of hydrogen-bond donors (Lipinski definition) is 1. The number of benzene rings is 2. The van der Waals surface area contributed by atoms with Crippen LogP contribution in [0.15, 0.2) is 42.5 Å². The van der Waals surface area contributed by atoms with E-state index in [1.54, 1.807) is 24.3 Å². The second kappa shape index (κ2) is 6.44. The van der Waals surface area contributed by atoms with Crippen molar-refractivity contribution in [1.29, 1.82) is 0 Å². The van der Waals surface area contributed by atoms with Gasteiger partial charge in [0.2, 0.25) is 0 Å². The number of anilines is 1. The summed E-state index contributed by atoms with van der Waals surface area (Å²) in [6, 6.07) is 12.6. The van der Waals surface area contributed by atoms with Gasteiger partial charge in [-0.1, -0.05) is 29.8 Å². The van der Waals surface area contributed by atoms with Gasteiger partial charge in [0.15, 0.2) is 0 Å². The highest BCUT2D eigenvalue weighted by Gasteiger charge is 2.12. The van der Waals surface area contributed by atoms with E-state index >= 15 is 0 Å². The van der Waals surface area contributed by atoms with Crippen molar-refractivity contribution >= 4 is 23.2 Å². The lowest BCUT2D eigenvalue weighted by molar-refractivity contribution is 0.102. The number of carbonyl (C=O) groups is 1. The lowest BCUT2D eigenvalue weighted by atomic mass is 10.1. The molecule has 20 heavy (non-hydrogen) atoms. The Kier molecular flexibility index (Phi) is 4.64. The molecule has 0 aliphatic carbocycles. The summed E-state index contributed by atoms with van der Waals surface area (Å²) in [7, 11) is 0.